The fraction of sp³-hybridized carbons (Fsp3) is 0.571. The molecule has 0 atom stereocenters. The van der Waals surface area contributed by atoms with Crippen LogP contribution in [-0.4, -0.2) is 43.7 Å². The van der Waals surface area contributed by atoms with Gasteiger partial charge in [0.25, 0.3) is 0 Å². The molecule has 3 N–H and O–H groups in total. The number of piperidine rings is 1. The van der Waals surface area contributed by atoms with E-state index in [9.17, 15) is 4.79 Å². The van der Waals surface area contributed by atoms with Crippen LogP contribution in [0.4, 0.5) is 10.7 Å². The van der Waals surface area contributed by atoms with Gasteiger partial charge in [-0.25, -0.2) is 4.79 Å². The topological polar surface area (TPSA) is 91.4 Å². The van der Waals surface area contributed by atoms with Crippen molar-refractivity contribution in [2.45, 2.75) is 25.8 Å². The molecule has 0 spiro atoms. The van der Waals surface area contributed by atoms with Gasteiger partial charge in [-0.05, 0) is 39.9 Å². The lowest BCUT2D eigenvalue weighted by atomic mass is 10.1. The van der Waals surface area contributed by atoms with Gasteiger partial charge in [-0.1, -0.05) is 0 Å². The predicted molar refractivity (Wildman–Crippen MR) is 83.5 cm³/mol. The number of nitrogens with one attached hydrogen (secondary N) is 1. The Morgan fingerprint density at radius 1 is 1.57 bits per heavy atom. The molecule has 1 saturated heterocycles. The highest BCUT2D eigenvalue weighted by Crippen LogP contribution is 2.36. The maximum atomic E-state index is 12.1. The lowest BCUT2D eigenvalue weighted by Crippen LogP contribution is -2.36. The van der Waals surface area contributed by atoms with Crippen LogP contribution < -0.4 is 11.1 Å². The van der Waals surface area contributed by atoms with Crippen LogP contribution >= 0.6 is 11.3 Å². The van der Waals surface area contributed by atoms with Gasteiger partial charge in [0, 0.05) is 6.04 Å². The average molecular weight is 308 g/mol. The molecule has 114 valence electrons. The molecule has 0 unspecified atom stereocenters. The van der Waals surface area contributed by atoms with E-state index in [1.165, 1.54) is 11.3 Å². The molecule has 1 aromatic rings. The van der Waals surface area contributed by atoms with Crippen molar-refractivity contribution in [1.82, 2.24) is 4.90 Å². The van der Waals surface area contributed by atoms with Crippen LogP contribution in [-0.2, 0) is 4.74 Å². The second kappa shape index (κ2) is 6.78. The maximum Gasteiger partial charge on any atom is 0.343 e. The number of nitrogens with two attached hydrogens (primary N) is 1. The molecule has 7 heteroatoms. The fourth-order valence-corrected chi connectivity index (χ4v) is 3.36. The summed E-state index contributed by atoms with van der Waals surface area (Å²) in [5.41, 5.74) is 6.43. The first kappa shape index (κ1) is 15.6. The molecule has 0 radical (unpaired) electrons. The van der Waals surface area contributed by atoms with E-state index in [1.807, 2.05) is 6.07 Å². The molecule has 0 amide bonds. The zero-order valence-corrected chi connectivity index (χ0v) is 13.1. The molecule has 0 saturated carbocycles. The second-order valence-corrected chi connectivity index (χ2v) is 6.12. The number of thiophene rings is 1. The minimum atomic E-state index is -0.469. The van der Waals surface area contributed by atoms with E-state index in [4.69, 9.17) is 15.7 Å². The van der Waals surface area contributed by atoms with Gasteiger partial charge >= 0.3 is 5.97 Å². The molecular weight excluding hydrogens is 288 g/mol. The first-order valence-electron chi connectivity index (χ1n) is 7.01. The fourth-order valence-electron chi connectivity index (χ4n) is 2.37. The first-order valence-corrected chi connectivity index (χ1v) is 7.83. The molecule has 0 aromatic carbocycles. The minimum Gasteiger partial charge on any atom is -0.462 e. The van der Waals surface area contributed by atoms with Gasteiger partial charge < -0.3 is 20.7 Å². The van der Waals surface area contributed by atoms with Crippen molar-refractivity contribution in [2.24, 2.45) is 0 Å². The molecule has 1 fully saturated rings. The van der Waals surface area contributed by atoms with Crippen LogP contribution in [0.25, 0.3) is 0 Å². The number of nitrogens with zero attached hydrogens (tertiary/aromatic N) is 2. The largest absolute Gasteiger partial charge is 0.462 e. The van der Waals surface area contributed by atoms with Gasteiger partial charge in [0.05, 0.1) is 12.3 Å². The van der Waals surface area contributed by atoms with Gasteiger partial charge in [0.2, 0.25) is 0 Å². The van der Waals surface area contributed by atoms with Gasteiger partial charge in [-0.2, -0.15) is 5.26 Å². The SMILES string of the molecule is CCOC(=O)c1c(NC2CCN(C)CC2)sc(C#N)c1N. The number of ether oxygens (including phenoxy) is 1. The molecule has 1 aliphatic rings. The lowest BCUT2D eigenvalue weighted by Gasteiger charge is -2.29. The summed E-state index contributed by atoms with van der Waals surface area (Å²) in [7, 11) is 2.09. The Morgan fingerprint density at radius 3 is 2.81 bits per heavy atom. The number of anilines is 2. The third-order valence-electron chi connectivity index (χ3n) is 3.58. The van der Waals surface area contributed by atoms with Crippen molar-refractivity contribution in [2.75, 3.05) is 37.8 Å². The Morgan fingerprint density at radius 2 is 2.24 bits per heavy atom. The highest BCUT2D eigenvalue weighted by atomic mass is 32.1. The van der Waals surface area contributed by atoms with Crippen LogP contribution in [0.1, 0.15) is 35.0 Å². The summed E-state index contributed by atoms with van der Waals surface area (Å²) in [6, 6.07) is 2.33. The summed E-state index contributed by atoms with van der Waals surface area (Å²) >= 11 is 1.22. The van der Waals surface area contributed by atoms with Gasteiger partial charge in [0.1, 0.15) is 21.5 Å². The second-order valence-electron chi connectivity index (χ2n) is 5.10. The Kier molecular flexibility index (Phi) is 5.04. The highest BCUT2D eigenvalue weighted by molar-refractivity contribution is 7.17. The number of nitrogen functional groups attached to an aromatic ring is 1. The van der Waals surface area contributed by atoms with Crippen LogP contribution in [0.3, 0.4) is 0 Å². The van der Waals surface area contributed by atoms with E-state index in [-0.39, 0.29) is 12.3 Å². The van der Waals surface area contributed by atoms with E-state index < -0.39 is 5.97 Å². The van der Waals surface area contributed by atoms with Crippen molar-refractivity contribution in [1.29, 1.82) is 5.26 Å². The predicted octanol–water partition coefficient (Wildman–Crippen LogP) is 1.88. The smallest absolute Gasteiger partial charge is 0.343 e. The Hall–Kier alpha value is -1.78. The molecular formula is C14H20N4O2S. The number of hydrogen-bond donors (Lipinski definition) is 2. The van der Waals surface area contributed by atoms with E-state index in [1.54, 1.807) is 6.92 Å². The molecule has 0 aliphatic carbocycles. The summed E-state index contributed by atoms with van der Waals surface area (Å²) in [6.45, 7) is 4.05. The van der Waals surface area contributed by atoms with Gasteiger partial charge in [-0.15, -0.1) is 11.3 Å². The van der Waals surface area contributed by atoms with Crippen molar-refractivity contribution < 1.29 is 9.53 Å². The number of rotatable bonds is 4. The van der Waals surface area contributed by atoms with Crippen molar-refractivity contribution in [3.05, 3.63) is 10.4 Å². The summed E-state index contributed by atoms with van der Waals surface area (Å²) in [6.07, 6.45) is 2.00. The van der Waals surface area contributed by atoms with E-state index in [0.717, 1.165) is 25.9 Å². The summed E-state index contributed by atoms with van der Waals surface area (Å²) < 4.78 is 5.04. The molecule has 6 nitrogen and oxygen atoms in total. The number of nitriles is 1. The Balaban J connectivity index is 2.22. The number of likely N-dealkylation sites (tertiary alicyclic amines) is 1. The van der Waals surface area contributed by atoms with Gasteiger partial charge in [0.15, 0.2) is 0 Å². The Bertz CT molecular complexity index is 556. The van der Waals surface area contributed by atoms with Crippen LogP contribution in [0.2, 0.25) is 0 Å². The average Bonchev–Trinajstić information content (AvgIpc) is 2.77. The van der Waals surface area contributed by atoms with E-state index in [2.05, 4.69) is 17.3 Å². The number of carbonyl (C=O) groups is 1. The Labute approximate surface area is 128 Å². The normalized spacial score (nSPS) is 16.4. The molecule has 2 rings (SSSR count). The summed E-state index contributed by atoms with van der Waals surface area (Å²) in [4.78, 5) is 14.7. The standard InChI is InChI=1S/C14H20N4O2S/c1-3-20-14(19)11-12(16)10(8-15)21-13(11)17-9-4-6-18(2)7-5-9/h9,17H,3-7,16H2,1-2H3. The molecule has 1 aliphatic heterocycles. The lowest BCUT2D eigenvalue weighted by molar-refractivity contribution is 0.0529. The van der Waals surface area contributed by atoms with Crippen molar-refractivity contribution >= 4 is 28.0 Å². The number of esters is 1. The zero-order valence-electron chi connectivity index (χ0n) is 12.3. The number of hydrogen-bond acceptors (Lipinski definition) is 7. The maximum absolute atomic E-state index is 12.1. The summed E-state index contributed by atoms with van der Waals surface area (Å²) in [5.74, 6) is -0.469. The monoisotopic (exact) mass is 308 g/mol. The first-order chi connectivity index (χ1) is 10.1. The molecule has 0 bridgehead atoms. The van der Waals surface area contributed by atoms with Crippen LogP contribution in [0.5, 0.6) is 0 Å². The third-order valence-corrected chi connectivity index (χ3v) is 4.62. The molecule has 2 heterocycles. The zero-order chi connectivity index (χ0) is 15.4. The van der Waals surface area contributed by atoms with E-state index in [0.29, 0.717) is 21.5 Å². The highest BCUT2D eigenvalue weighted by Gasteiger charge is 2.26. The molecule has 1 aromatic heterocycles. The number of carbonyl (C=O) groups excluding carboxylic acids is 1. The quantitative estimate of drug-likeness (QED) is 0.825. The minimum absolute atomic E-state index is 0.219. The van der Waals surface area contributed by atoms with Crippen LogP contribution in [0.15, 0.2) is 0 Å². The van der Waals surface area contributed by atoms with E-state index >= 15 is 0 Å². The molecule has 21 heavy (non-hydrogen) atoms. The van der Waals surface area contributed by atoms with Crippen LogP contribution in [0, 0.1) is 11.3 Å². The van der Waals surface area contributed by atoms with Gasteiger partial charge in [-0.3, -0.25) is 0 Å². The summed E-state index contributed by atoms with van der Waals surface area (Å²) in [5, 5.41) is 13.1. The van der Waals surface area contributed by atoms with Crippen molar-refractivity contribution in [3.63, 3.8) is 0 Å². The van der Waals surface area contributed by atoms with Crippen molar-refractivity contribution in [3.8, 4) is 6.07 Å². The third kappa shape index (κ3) is 3.46.